The van der Waals surface area contributed by atoms with Gasteiger partial charge in [0.05, 0.1) is 23.0 Å². The lowest BCUT2D eigenvalue weighted by Gasteiger charge is -2.31. The molecule has 3 heterocycles. The monoisotopic (exact) mass is 492 g/mol. The number of carbonyl (C=O) groups excluding carboxylic acids is 2. The van der Waals surface area contributed by atoms with Gasteiger partial charge in [0.2, 0.25) is 5.91 Å². The number of nitrogens with zero attached hydrogens (tertiary/aromatic N) is 5. The van der Waals surface area contributed by atoms with Crippen LogP contribution in [0.25, 0.3) is 10.9 Å². The maximum absolute atomic E-state index is 14.1. The number of pyridine rings is 1. The van der Waals surface area contributed by atoms with E-state index in [0.29, 0.717) is 36.3 Å². The van der Waals surface area contributed by atoms with E-state index in [9.17, 15) is 27.2 Å². The summed E-state index contributed by atoms with van der Waals surface area (Å²) in [6, 6.07) is 8.42. The van der Waals surface area contributed by atoms with Gasteiger partial charge in [0.1, 0.15) is 18.9 Å². The maximum Gasteiger partial charge on any atom is 0.406 e. The summed E-state index contributed by atoms with van der Waals surface area (Å²) >= 11 is 0. The molecule has 0 aliphatic carbocycles. The predicted octanol–water partition coefficient (Wildman–Crippen LogP) is 3.19. The van der Waals surface area contributed by atoms with Gasteiger partial charge in [-0.25, -0.2) is 9.37 Å². The van der Waals surface area contributed by atoms with Crippen LogP contribution in [0.3, 0.4) is 0 Å². The molecule has 35 heavy (non-hydrogen) atoms. The third-order valence-corrected chi connectivity index (χ3v) is 6.09. The predicted molar refractivity (Wildman–Crippen MR) is 120 cm³/mol. The van der Waals surface area contributed by atoms with Crippen molar-refractivity contribution in [1.82, 2.24) is 24.6 Å². The summed E-state index contributed by atoms with van der Waals surface area (Å²) in [5.74, 6) is -1.90. The molecule has 2 amide bonds. The van der Waals surface area contributed by atoms with E-state index in [1.807, 2.05) is 12.1 Å². The average Bonchev–Trinajstić information content (AvgIpc) is 3.17. The zero-order chi connectivity index (χ0) is 25.3. The van der Waals surface area contributed by atoms with E-state index in [4.69, 9.17) is 5.73 Å². The molecule has 1 aromatic carbocycles. The molecule has 3 aromatic rings. The molecule has 2 N–H and O–H groups in total. The van der Waals surface area contributed by atoms with Crippen molar-refractivity contribution in [3.05, 3.63) is 53.6 Å². The zero-order valence-electron chi connectivity index (χ0n) is 18.9. The van der Waals surface area contributed by atoms with E-state index in [0.717, 1.165) is 24.3 Å². The SMILES string of the molecule is CN(CC(F)(F)F)C(=O)Cn1nc(C2CCN(C(=O)c3cc(N)ncc3F)CC2)c2ccccc21. The Balaban J connectivity index is 1.50. The number of carbonyl (C=O) groups is 2. The first-order valence-electron chi connectivity index (χ1n) is 11.0. The molecule has 186 valence electrons. The summed E-state index contributed by atoms with van der Waals surface area (Å²) in [4.78, 5) is 31.0. The number of halogens is 4. The van der Waals surface area contributed by atoms with Gasteiger partial charge in [-0.2, -0.15) is 18.3 Å². The Hall–Kier alpha value is -3.70. The second kappa shape index (κ2) is 9.51. The molecule has 0 spiro atoms. The van der Waals surface area contributed by atoms with Gasteiger partial charge < -0.3 is 15.5 Å². The molecule has 0 unspecified atom stereocenters. The summed E-state index contributed by atoms with van der Waals surface area (Å²) in [6.07, 6.45) is -2.46. The number of nitrogens with two attached hydrogens (primary N) is 1. The number of anilines is 1. The van der Waals surface area contributed by atoms with Crippen LogP contribution in [0.4, 0.5) is 23.4 Å². The minimum Gasteiger partial charge on any atom is -0.384 e. The van der Waals surface area contributed by atoms with E-state index in [1.54, 1.807) is 17.0 Å². The molecule has 1 saturated heterocycles. The second-order valence-electron chi connectivity index (χ2n) is 8.58. The first-order chi connectivity index (χ1) is 16.5. The number of fused-ring (bicyclic) bond motifs is 1. The summed E-state index contributed by atoms with van der Waals surface area (Å²) in [6.45, 7) is -0.944. The van der Waals surface area contributed by atoms with Gasteiger partial charge in [-0.3, -0.25) is 14.3 Å². The van der Waals surface area contributed by atoms with Gasteiger partial charge in [0.25, 0.3) is 5.91 Å². The number of rotatable bonds is 5. The Kier molecular flexibility index (Phi) is 6.64. The third-order valence-electron chi connectivity index (χ3n) is 6.09. The smallest absolute Gasteiger partial charge is 0.384 e. The number of likely N-dealkylation sites (N-methyl/N-ethyl adjacent to an activating group) is 1. The molecular weight excluding hydrogens is 468 g/mol. The van der Waals surface area contributed by atoms with Crippen LogP contribution in [0.2, 0.25) is 0 Å². The Morgan fingerprint density at radius 3 is 2.57 bits per heavy atom. The Bertz CT molecular complexity index is 1250. The van der Waals surface area contributed by atoms with Gasteiger partial charge >= 0.3 is 6.18 Å². The van der Waals surface area contributed by atoms with Crippen LogP contribution in [-0.2, 0) is 11.3 Å². The summed E-state index contributed by atoms with van der Waals surface area (Å²) in [5.41, 5.74) is 6.82. The fraction of sp³-hybridized carbons (Fsp3) is 0.391. The van der Waals surface area contributed by atoms with Crippen molar-refractivity contribution in [3.63, 3.8) is 0 Å². The fourth-order valence-corrected chi connectivity index (χ4v) is 4.33. The minimum atomic E-state index is -4.49. The normalized spacial score (nSPS) is 14.9. The number of para-hydroxylation sites is 1. The lowest BCUT2D eigenvalue weighted by atomic mass is 9.91. The Labute approximate surface area is 198 Å². The fourth-order valence-electron chi connectivity index (χ4n) is 4.33. The molecule has 0 bridgehead atoms. The largest absolute Gasteiger partial charge is 0.406 e. The molecule has 0 atom stereocenters. The van der Waals surface area contributed by atoms with Crippen molar-refractivity contribution >= 4 is 28.5 Å². The highest BCUT2D eigenvalue weighted by Gasteiger charge is 2.32. The van der Waals surface area contributed by atoms with Crippen LogP contribution in [-0.4, -0.2) is 69.2 Å². The van der Waals surface area contributed by atoms with Gasteiger partial charge in [0, 0.05) is 31.4 Å². The van der Waals surface area contributed by atoms with Crippen molar-refractivity contribution in [2.75, 3.05) is 32.4 Å². The van der Waals surface area contributed by atoms with Crippen LogP contribution in [0.15, 0.2) is 36.5 Å². The molecule has 2 aromatic heterocycles. The number of nitrogen functional groups attached to an aromatic ring is 1. The van der Waals surface area contributed by atoms with Crippen molar-refractivity contribution in [2.45, 2.75) is 31.5 Å². The van der Waals surface area contributed by atoms with Crippen LogP contribution < -0.4 is 5.73 Å². The minimum absolute atomic E-state index is 0.0411. The topological polar surface area (TPSA) is 97.4 Å². The number of hydrogen-bond acceptors (Lipinski definition) is 5. The first-order valence-corrected chi connectivity index (χ1v) is 11.0. The number of hydrogen-bond donors (Lipinski definition) is 1. The highest BCUT2D eigenvalue weighted by molar-refractivity contribution is 5.95. The number of amides is 2. The highest BCUT2D eigenvalue weighted by atomic mass is 19.4. The standard InChI is InChI=1S/C23H24F4N6O2/c1-31(13-23(25,26)27)20(34)12-33-18-5-3-2-4-15(18)21(30-33)14-6-8-32(9-7-14)22(35)16-10-19(28)29-11-17(16)24/h2-5,10-11,14H,6-9,12-13H2,1H3,(H2,28,29). The Morgan fingerprint density at radius 1 is 1.20 bits per heavy atom. The number of alkyl halides is 3. The van der Waals surface area contributed by atoms with Crippen molar-refractivity contribution in [3.8, 4) is 0 Å². The summed E-state index contributed by atoms with van der Waals surface area (Å²) in [7, 11) is 1.11. The number of benzene rings is 1. The van der Waals surface area contributed by atoms with Gasteiger partial charge in [-0.15, -0.1) is 0 Å². The van der Waals surface area contributed by atoms with E-state index >= 15 is 0 Å². The molecular formula is C23H24F4N6O2. The lowest BCUT2D eigenvalue weighted by Crippen LogP contribution is -2.38. The van der Waals surface area contributed by atoms with Crippen LogP contribution >= 0.6 is 0 Å². The van der Waals surface area contributed by atoms with E-state index in [-0.39, 0.29) is 23.8 Å². The molecule has 8 nitrogen and oxygen atoms in total. The van der Waals surface area contributed by atoms with Crippen molar-refractivity contribution in [2.24, 2.45) is 0 Å². The lowest BCUT2D eigenvalue weighted by molar-refractivity contribution is -0.158. The number of aromatic nitrogens is 3. The Morgan fingerprint density at radius 2 is 1.89 bits per heavy atom. The first kappa shape index (κ1) is 24.4. The highest BCUT2D eigenvalue weighted by Crippen LogP contribution is 2.33. The molecule has 0 radical (unpaired) electrons. The summed E-state index contributed by atoms with van der Waals surface area (Å²) in [5, 5.41) is 5.39. The molecule has 12 heteroatoms. The van der Waals surface area contributed by atoms with Crippen LogP contribution in [0, 0.1) is 5.82 Å². The number of likely N-dealkylation sites (tertiary alicyclic amines) is 1. The van der Waals surface area contributed by atoms with Crippen LogP contribution in [0.1, 0.15) is 34.8 Å². The van der Waals surface area contributed by atoms with Gasteiger partial charge in [-0.1, -0.05) is 18.2 Å². The molecule has 4 rings (SSSR count). The van der Waals surface area contributed by atoms with Gasteiger partial charge in [-0.05, 0) is 25.0 Å². The van der Waals surface area contributed by atoms with Crippen molar-refractivity contribution < 1.29 is 27.2 Å². The average molecular weight is 492 g/mol. The molecule has 1 aliphatic rings. The molecule has 1 aliphatic heterocycles. The summed E-state index contributed by atoms with van der Waals surface area (Å²) < 4.78 is 53.5. The quantitative estimate of drug-likeness (QED) is 0.552. The number of piperidine rings is 1. The molecule has 0 saturated carbocycles. The second-order valence-corrected chi connectivity index (χ2v) is 8.58. The zero-order valence-corrected chi connectivity index (χ0v) is 18.9. The van der Waals surface area contributed by atoms with E-state index in [2.05, 4.69) is 10.1 Å². The molecule has 1 fully saturated rings. The van der Waals surface area contributed by atoms with E-state index in [1.165, 1.54) is 10.7 Å². The van der Waals surface area contributed by atoms with Crippen molar-refractivity contribution in [1.29, 1.82) is 0 Å². The van der Waals surface area contributed by atoms with Crippen LogP contribution in [0.5, 0.6) is 0 Å². The van der Waals surface area contributed by atoms with E-state index < -0.39 is 30.4 Å². The third kappa shape index (κ3) is 5.36. The van der Waals surface area contributed by atoms with Gasteiger partial charge in [0.15, 0.2) is 5.82 Å². The maximum atomic E-state index is 14.1.